The molecule has 164 valence electrons. The number of anilines is 1. The molecule has 0 radical (unpaired) electrons. The molecular weight excluding hydrogens is 398 g/mol. The van der Waals surface area contributed by atoms with Crippen molar-refractivity contribution in [3.8, 4) is 0 Å². The van der Waals surface area contributed by atoms with Crippen LogP contribution >= 0.6 is 0 Å². The summed E-state index contributed by atoms with van der Waals surface area (Å²) >= 11 is 0. The largest absolute Gasteiger partial charge is 0.385 e. The molecule has 3 aromatic rings. The minimum atomic E-state index is -0.330. The van der Waals surface area contributed by atoms with Crippen LogP contribution in [-0.4, -0.2) is 48.3 Å². The Kier molecular flexibility index (Phi) is 6.15. The first kappa shape index (κ1) is 21.2. The van der Waals surface area contributed by atoms with E-state index in [0.717, 1.165) is 18.4 Å². The van der Waals surface area contributed by atoms with Crippen molar-refractivity contribution in [1.82, 2.24) is 14.7 Å². The Bertz CT molecular complexity index is 1180. The number of ether oxygens (including phenoxy) is 2. The lowest BCUT2D eigenvalue weighted by Gasteiger charge is -2.14. The fourth-order valence-corrected chi connectivity index (χ4v) is 3.94. The first-order chi connectivity index (χ1) is 15.0. The number of carbonyl (C=O) groups is 1. The summed E-state index contributed by atoms with van der Waals surface area (Å²) in [6.45, 7) is 4.03. The normalized spacial score (nSPS) is 16.3. The minimum Gasteiger partial charge on any atom is -0.385 e. The summed E-state index contributed by atoms with van der Waals surface area (Å²) in [6.07, 6.45) is 4.33. The van der Waals surface area contributed by atoms with E-state index in [1.54, 1.807) is 30.0 Å². The lowest BCUT2D eigenvalue weighted by Crippen LogP contribution is -2.43. The molecule has 0 aromatic carbocycles. The van der Waals surface area contributed by atoms with Crippen molar-refractivity contribution in [2.75, 3.05) is 32.6 Å². The Morgan fingerprint density at radius 3 is 3.03 bits per heavy atom. The molecule has 0 spiro atoms. The number of methoxy groups -OCH3 is 1. The number of rotatable bonds is 7. The van der Waals surface area contributed by atoms with E-state index < -0.39 is 0 Å². The fraction of sp³-hybridized carbons (Fsp3) is 0.455. The standard InChI is InChI=1S/C22H27N5O4/c1-14-6-7-18-25-20-17(22(29)27(18)13-14)11-16(19(23)26(20)8-4-9-30-2)21(28)24-12-15-5-3-10-31-15/h6-7,11,13,15,23H,3-5,8-10,12H2,1-2H3,(H,24,28)/p+1/t15-/m0/s1. The van der Waals surface area contributed by atoms with Crippen LogP contribution in [0.3, 0.4) is 0 Å². The number of aryl methyl sites for hydroxylation is 2. The average Bonchev–Trinajstić information content (AvgIpc) is 3.28. The first-order valence-electron chi connectivity index (χ1n) is 10.5. The van der Waals surface area contributed by atoms with Crippen molar-refractivity contribution in [1.29, 1.82) is 0 Å². The third-order valence-electron chi connectivity index (χ3n) is 5.59. The van der Waals surface area contributed by atoms with Gasteiger partial charge in [-0.15, -0.1) is 0 Å². The average molecular weight is 426 g/mol. The Morgan fingerprint density at radius 2 is 2.29 bits per heavy atom. The van der Waals surface area contributed by atoms with Gasteiger partial charge < -0.3 is 20.5 Å². The SMILES string of the molecule is COCCC[n+]1c(N)c(C(=O)NC[C@@H]2CCCO2)cc2c(=O)n3cc(C)ccc3nc21. The number of amides is 1. The van der Waals surface area contributed by atoms with E-state index >= 15 is 0 Å². The van der Waals surface area contributed by atoms with E-state index in [1.807, 2.05) is 13.0 Å². The highest BCUT2D eigenvalue weighted by Gasteiger charge is 2.25. The molecule has 4 heterocycles. The van der Waals surface area contributed by atoms with Gasteiger partial charge in [0, 0.05) is 39.5 Å². The zero-order valence-corrected chi connectivity index (χ0v) is 17.9. The third kappa shape index (κ3) is 4.24. The summed E-state index contributed by atoms with van der Waals surface area (Å²) in [5.74, 6) is -0.0547. The number of nitrogens with two attached hydrogens (primary N) is 1. The molecule has 0 bridgehead atoms. The molecule has 1 aliphatic heterocycles. The first-order valence-corrected chi connectivity index (χ1v) is 10.5. The second kappa shape index (κ2) is 8.99. The predicted octanol–water partition coefficient (Wildman–Crippen LogP) is 0.971. The molecular formula is C22H28N5O4+. The number of nitrogens with one attached hydrogen (secondary N) is 1. The quantitative estimate of drug-likeness (QED) is 0.331. The van der Waals surface area contributed by atoms with Gasteiger partial charge in [0.05, 0.1) is 12.6 Å². The number of carbonyl (C=O) groups excluding carboxylic acids is 1. The third-order valence-corrected chi connectivity index (χ3v) is 5.59. The van der Waals surface area contributed by atoms with Crippen molar-refractivity contribution < 1.29 is 18.8 Å². The van der Waals surface area contributed by atoms with Crippen LogP contribution in [0.15, 0.2) is 29.2 Å². The Morgan fingerprint density at radius 1 is 1.45 bits per heavy atom. The molecule has 31 heavy (non-hydrogen) atoms. The lowest BCUT2D eigenvalue weighted by atomic mass is 10.1. The number of hydrogen-bond acceptors (Lipinski definition) is 6. The number of fused-ring (bicyclic) bond motifs is 2. The van der Waals surface area contributed by atoms with Crippen molar-refractivity contribution in [2.45, 2.75) is 38.8 Å². The molecule has 1 saturated heterocycles. The van der Waals surface area contributed by atoms with Crippen LogP contribution in [0.25, 0.3) is 16.7 Å². The Labute approximate surface area is 179 Å². The van der Waals surface area contributed by atoms with Gasteiger partial charge in [-0.3, -0.25) is 14.0 Å². The zero-order chi connectivity index (χ0) is 22.0. The second-order valence-electron chi connectivity index (χ2n) is 7.88. The molecule has 9 heteroatoms. The molecule has 3 N–H and O–H groups in total. The van der Waals surface area contributed by atoms with Crippen molar-refractivity contribution >= 4 is 28.4 Å². The molecule has 9 nitrogen and oxygen atoms in total. The highest BCUT2D eigenvalue weighted by atomic mass is 16.5. The minimum absolute atomic E-state index is 0.0127. The molecule has 1 fully saturated rings. The van der Waals surface area contributed by atoms with E-state index in [4.69, 9.17) is 15.2 Å². The van der Waals surface area contributed by atoms with Crippen LogP contribution in [-0.2, 0) is 16.0 Å². The van der Waals surface area contributed by atoms with E-state index in [0.29, 0.717) is 49.4 Å². The van der Waals surface area contributed by atoms with Crippen molar-refractivity contribution in [3.63, 3.8) is 0 Å². The number of nitrogens with zero attached hydrogens (tertiary/aromatic N) is 3. The van der Waals surface area contributed by atoms with E-state index in [2.05, 4.69) is 10.3 Å². The molecule has 1 amide bonds. The van der Waals surface area contributed by atoms with E-state index in [9.17, 15) is 9.59 Å². The molecule has 1 aliphatic rings. The van der Waals surface area contributed by atoms with Gasteiger partial charge in [-0.1, -0.05) is 11.1 Å². The van der Waals surface area contributed by atoms with Crippen LogP contribution in [0.1, 0.15) is 35.2 Å². The van der Waals surface area contributed by atoms with Crippen molar-refractivity contribution in [3.05, 3.63) is 45.9 Å². The van der Waals surface area contributed by atoms with Gasteiger partial charge >= 0.3 is 0 Å². The van der Waals surface area contributed by atoms with E-state index in [-0.39, 0.29) is 29.0 Å². The zero-order valence-electron chi connectivity index (χ0n) is 17.9. The highest BCUT2D eigenvalue weighted by molar-refractivity contribution is 6.00. The summed E-state index contributed by atoms with van der Waals surface area (Å²) in [6, 6.07) is 5.25. The number of aromatic nitrogens is 3. The molecule has 0 saturated carbocycles. The molecule has 4 rings (SSSR count). The molecule has 0 unspecified atom stereocenters. The van der Waals surface area contributed by atoms with Gasteiger partial charge in [-0.05, 0) is 37.5 Å². The van der Waals surface area contributed by atoms with Crippen LogP contribution in [0.4, 0.5) is 5.82 Å². The topological polar surface area (TPSA) is 112 Å². The Hall–Kier alpha value is -3.04. The summed E-state index contributed by atoms with van der Waals surface area (Å²) < 4.78 is 14.0. The fourth-order valence-electron chi connectivity index (χ4n) is 3.94. The maximum absolute atomic E-state index is 13.3. The molecule has 1 atom stereocenters. The van der Waals surface area contributed by atoms with Gasteiger partial charge in [-0.25, -0.2) is 4.57 Å². The van der Waals surface area contributed by atoms with E-state index in [1.165, 1.54) is 4.40 Å². The maximum Gasteiger partial charge on any atom is 0.278 e. The number of pyridine rings is 2. The molecule has 3 aromatic heterocycles. The Balaban J connectivity index is 1.82. The van der Waals surface area contributed by atoms with Crippen LogP contribution < -0.4 is 21.2 Å². The van der Waals surface area contributed by atoms with Crippen LogP contribution in [0, 0.1) is 6.92 Å². The summed E-state index contributed by atoms with van der Waals surface area (Å²) in [4.78, 5) is 30.9. The number of nitrogen functional groups attached to an aromatic ring is 1. The summed E-state index contributed by atoms with van der Waals surface area (Å²) in [5.41, 5.74) is 8.36. The van der Waals surface area contributed by atoms with Gasteiger partial charge in [0.15, 0.2) is 0 Å². The highest BCUT2D eigenvalue weighted by Crippen LogP contribution is 2.16. The lowest BCUT2D eigenvalue weighted by molar-refractivity contribution is -0.659. The van der Waals surface area contributed by atoms with Crippen molar-refractivity contribution in [2.24, 2.45) is 0 Å². The summed E-state index contributed by atoms with van der Waals surface area (Å²) in [7, 11) is 1.63. The maximum atomic E-state index is 13.3. The smallest absolute Gasteiger partial charge is 0.278 e. The van der Waals surface area contributed by atoms with Crippen LogP contribution in [0.2, 0.25) is 0 Å². The monoisotopic (exact) mass is 426 g/mol. The predicted molar refractivity (Wildman–Crippen MR) is 116 cm³/mol. The van der Waals surface area contributed by atoms with Gasteiger partial charge in [0.2, 0.25) is 11.5 Å². The molecule has 0 aliphatic carbocycles. The van der Waals surface area contributed by atoms with Crippen LogP contribution in [0.5, 0.6) is 0 Å². The van der Waals surface area contributed by atoms with Gasteiger partial charge in [0.25, 0.3) is 17.1 Å². The summed E-state index contributed by atoms with van der Waals surface area (Å²) in [5, 5.41) is 3.24. The number of hydrogen-bond donors (Lipinski definition) is 2. The second-order valence-corrected chi connectivity index (χ2v) is 7.88. The van der Waals surface area contributed by atoms with Gasteiger partial charge in [-0.2, -0.15) is 0 Å². The van der Waals surface area contributed by atoms with Gasteiger partial charge in [0.1, 0.15) is 10.9 Å².